The number of rotatable bonds is 0. The minimum atomic E-state index is 0.0254. The molecule has 1 unspecified atom stereocenters. The first kappa shape index (κ1) is 8.91. The summed E-state index contributed by atoms with van der Waals surface area (Å²) < 4.78 is 7.81. The molecule has 0 aliphatic carbocycles. The van der Waals surface area contributed by atoms with E-state index >= 15 is 0 Å². The van der Waals surface area contributed by atoms with Crippen molar-refractivity contribution in [2.45, 2.75) is 26.5 Å². The van der Waals surface area contributed by atoms with Crippen LogP contribution in [0.1, 0.15) is 11.8 Å². The Kier molecular flexibility index (Phi) is 1.68. The van der Waals surface area contributed by atoms with Gasteiger partial charge in [-0.05, 0) is 19.9 Å². The molecule has 1 aliphatic rings. The minimum absolute atomic E-state index is 0.0254. The number of hydrogen-bond acceptors (Lipinski definition) is 4. The van der Waals surface area contributed by atoms with E-state index in [1.165, 1.54) is 11.3 Å². The van der Waals surface area contributed by atoms with Crippen molar-refractivity contribution in [1.29, 1.82) is 0 Å². The Morgan fingerprint density at radius 2 is 2.47 bits per heavy atom. The summed E-state index contributed by atoms with van der Waals surface area (Å²) in [6, 6.07) is 2.38. The average molecular weight is 222 g/mol. The summed E-state index contributed by atoms with van der Waals surface area (Å²) >= 11 is 1.49. The van der Waals surface area contributed by atoms with Crippen molar-refractivity contribution >= 4 is 21.6 Å². The van der Waals surface area contributed by atoms with Crippen molar-refractivity contribution in [3.63, 3.8) is 0 Å². The molecule has 0 saturated heterocycles. The van der Waals surface area contributed by atoms with Crippen molar-refractivity contribution in [1.82, 2.24) is 9.55 Å². The number of thiophene rings is 1. The predicted molar refractivity (Wildman–Crippen MR) is 58.7 cm³/mol. The second-order valence-corrected chi connectivity index (χ2v) is 5.07. The van der Waals surface area contributed by atoms with E-state index < -0.39 is 0 Å². The molecule has 1 atom stereocenters. The second-order valence-electron chi connectivity index (χ2n) is 3.81. The quantitative estimate of drug-likeness (QED) is 0.679. The van der Waals surface area contributed by atoms with Crippen LogP contribution in [-0.2, 0) is 6.54 Å². The van der Waals surface area contributed by atoms with Gasteiger partial charge in [0, 0.05) is 4.88 Å². The van der Waals surface area contributed by atoms with E-state index in [4.69, 9.17) is 4.74 Å². The smallest absolute Gasteiger partial charge is 0.300 e. The highest BCUT2D eigenvalue weighted by molar-refractivity contribution is 7.18. The molecule has 2 aromatic heterocycles. The van der Waals surface area contributed by atoms with Crippen LogP contribution in [0.25, 0.3) is 10.2 Å². The average Bonchev–Trinajstić information content (AvgIpc) is 2.69. The van der Waals surface area contributed by atoms with Gasteiger partial charge in [-0.15, -0.1) is 11.3 Å². The van der Waals surface area contributed by atoms with Crippen molar-refractivity contribution in [3.8, 4) is 6.01 Å². The van der Waals surface area contributed by atoms with Gasteiger partial charge in [0.1, 0.15) is 10.8 Å². The highest BCUT2D eigenvalue weighted by Gasteiger charge is 2.23. The molecule has 0 fully saturated rings. The van der Waals surface area contributed by atoms with Gasteiger partial charge in [0.2, 0.25) is 0 Å². The standard InChI is InChI=1S/C10H10N2O2S/c1-5-4-12-9(13)8-7(3-6(2)15-8)11-10(12)14-5/h3,5H,4H2,1-2H3. The highest BCUT2D eigenvalue weighted by atomic mass is 32.1. The summed E-state index contributed by atoms with van der Waals surface area (Å²) in [4.78, 5) is 17.5. The first-order chi connectivity index (χ1) is 7.15. The maximum absolute atomic E-state index is 12.0. The largest absolute Gasteiger partial charge is 0.460 e. The fourth-order valence-corrected chi connectivity index (χ4v) is 2.73. The zero-order valence-corrected chi connectivity index (χ0v) is 9.30. The maximum atomic E-state index is 12.0. The fourth-order valence-electron chi connectivity index (χ4n) is 1.84. The van der Waals surface area contributed by atoms with Gasteiger partial charge in [-0.2, -0.15) is 4.98 Å². The third-order valence-corrected chi connectivity index (χ3v) is 3.50. The molecule has 0 saturated carbocycles. The van der Waals surface area contributed by atoms with Crippen LogP contribution in [0.5, 0.6) is 6.01 Å². The Hall–Kier alpha value is -1.36. The Labute approximate surface area is 90.1 Å². The number of aromatic nitrogens is 2. The minimum Gasteiger partial charge on any atom is -0.460 e. The lowest BCUT2D eigenvalue weighted by Gasteiger charge is -1.98. The lowest BCUT2D eigenvalue weighted by Crippen LogP contribution is -2.18. The third-order valence-electron chi connectivity index (χ3n) is 2.47. The van der Waals surface area contributed by atoms with Crippen LogP contribution in [0.3, 0.4) is 0 Å². The Morgan fingerprint density at radius 3 is 3.27 bits per heavy atom. The van der Waals surface area contributed by atoms with E-state index in [9.17, 15) is 4.79 Å². The van der Waals surface area contributed by atoms with Crippen molar-refractivity contribution in [2.24, 2.45) is 0 Å². The van der Waals surface area contributed by atoms with E-state index in [1.807, 2.05) is 19.9 Å². The number of ether oxygens (including phenoxy) is 1. The Morgan fingerprint density at radius 1 is 1.67 bits per heavy atom. The van der Waals surface area contributed by atoms with Crippen LogP contribution in [-0.4, -0.2) is 15.7 Å². The van der Waals surface area contributed by atoms with Gasteiger partial charge in [0.15, 0.2) is 0 Å². The number of aryl methyl sites for hydroxylation is 1. The SMILES string of the molecule is Cc1cc2nc3n(c(=O)c2s1)CC(C)O3. The van der Waals surface area contributed by atoms with Gasteiger partial charge in [0.05, 0.1) is 12.1 Å². The topological polar surface area (TPSA) is 44.1 Å². The van der Waals surface area contributed by atoms with Crippen LogP contribution in [0, 0.1) is 6.92 Å². The fraction of sp³-hybridized carbons (Fsp3) is 0.400. The van der Waals surface area contributed by atoms with Gasteiger partial charge in [-0.25, -0.2) is 0 Å². The molecule has 15 heavy (non-hydrogen) atoms. The zero-order chi connectivity index (χ0) is 10.6. The summed E-state index contributed by atoms with van der Waals surface area (Å²) in [6.07, 6.45) is 0.0443. The van der Waals surface area contributed by atoms with E-state index in [2.05, 4.69) is 4.98 Å². The van der Waals surface area contributed by atoms with Crippen LogP contribution in [0.2, 0.25) is 0 Å². The summed E-state index contributed by atoms with van der Waals surface area (Å²) in [5.74, 6) is 0. The zero-order valence-electron chi connectivity index (χ0n) is 8.48. The molecule has 0 N–H and O–H groups in total. The third kappa shape index (κ3) is 1.19. The molecule has 1 aliphatic heterocycles. The van der Waals surface area contributed by atoms with Gasteiger partial charge >= 0.3 is 0 Å². The molecule has 0 spiro atoms. The van der Waals surface area contributed by atoms with Gasteiger partial charge in [-0.3, -0.25) is 9.36 Å². The lowest BCUT2D eigenvalue weighted by molar-refractivity contribution is 0.246. The number of fused-ring (bicyclic) bond motifs is 2. The molecule has 3 heterocycles. The summed E-state index contributed by atoms with van der Waals surface area (Å²) in [5, 5.41) is 0. The molecule has 5 heteroatoms. The first-order valence-electron chi connectivity index (χ1n) is 4.83. The number of nitrogens with zero attached hydrogens (tertiary/aromatic N) is 2. The molecule has 2 aromatic rings. The Bertz CT molecular complexity index is 599. The molecule has 0 bridgehead atoms. The molecule has 78 valence electrons. The van der Waals surface area contributed by atoms with Crippen LogP contribution >= 0.6 is 11.3 Å². The highest BCUT2D eigenvalue weighted by Crippen LogP contribution is 2.25. The molecular formula is C10H10N2O2S. The summed E-state index contributed by atoms with van der Waals surface area (Å²) in [7, 11) is 0. The monoisotopic (exact) mass is 222 g/mol. The van der Waals surface area contributed by atoms with E-state index in [0.29, 0.717) is 12.6 Å². The van der Waals surface area contributed by atoms with E-state index in [1.54, 1.807) is 4.57 Å². The summed E-state index contributed by atoms with van der Waals surface area (Å²) in [5.41, 5.74) is 0.778. The Balaban J connectivity index is 2.39. The maximum Gasteiger partial charge on any atom is 0.300 e. The number of hydrogen-bond donors (Lipinski definition) is 0. The molecule has 0 amide bonds. The van der Waals surface area contributed by atoms with Crippen molar-refractivity contribution < 1.29 is 4.74 Å². The molecular weight excluding hydrogens is 212 g/mol. The molecule has 0 radical (unpaired) electrons. The van der Waals surface area contributed by atoms with Gasteiger partial charge in [0.25, 0.3) is 11.6 Å². The second kappa shape index (κ2) is 2.82. The first-order valence-corrected chi connectivity index (χ1v) is 5.64. The van der Waals surface area contributed by atoms with Gasteiger partial charge in [-0.1, -0.05) is 0 Å². The van der Waals surface area contributed by atoms with E-state index in [0.717, 1.165) is 15.1 Å². The predicted octanol–water partition coefficient (Wildman–Crippen LogP) is 1.55. The van der Waals surface area contributed by atoms with Gasteiger partial charge < -0.3 is 4.74 Å². The van der Waals surface area contributed by atoms with Crippen LogP contribution < -0.4 is 10.3 Å². The van der Waals surface area contributed by atoms with E-state index in [-0.39, 0.29) is 11.7 Å². The molecule has 3 rings (SSSR count). The van der Waals surface area contributed by atoms with Crippen LogP contribution in [0.4, 0.5) is 0 Å². The van der Waals surface area contributed by atoms with Crippen molar-refractivity contribution in [2.75, 3.05) is 0 Å². The van der Waals surface area contributed by atoms with Crippen LogP contribution in [0.15, 0.2) is 10.9 Å². The molecule has 0 aromatic carbocycles. The summed E-state index contributed by atoms with van der Waals surface area (Å²) in [6.45, 7) is 4.52. The normalized spacial score (nSPS) is 19.2. The lowest BCUT2D eigenvalue weighted by atomic mass is 10.4. The molecule has 4 nitrogen and oxygen atoms in total. The van der Waals surface area contributed by atoms with Crippen molar-refractivity contribution in [3.05, 3.63) is 21.3 Å².